The maximum atomic E-state index is 13.9. The van der Waals surface area contributed by atoms with Crippen LogP contribution in [0.1, 0.15) is 44.7 Å². The van der Waals surface area contributed by atoms with Crippen LogP contribution in [0.15, 0.2) is 30.5 Å². The summed E-state index contributed by atoms with van der Waals surface area (Å²) in [5.74, 6) is -0.382. The summed E-state index contributed by atoms with van der Waals surface area (Å²) in [7, 11) is 3.77. The first-order valence-electron chi connectivity index (χ1n) is 11.0. The standard InChI is InChI=1S/C24H29FN4O3/c1-24(2)19(13-20(30)32-24)22(31)29-10-8-15(9-11-29)21-18(14-26-23(27-21)28(3)4)16-6-5-7-17(25)12-16/h5-7,12,14-15,19H,8-11,13H2,1-4H3/t19-/m0/s1. The fourth-order valence-electron chi connectivity index (χ4n) is 4.59. The van der Waals surface area contributed by atoms with Crippen molar-refractivity contribution >= 4 is 17.8 Å². The number of hydrogen-bond acceptors (Lipinski definition) is 6. The number of halogens is 1. The fourth-order valence-corrected chi connectivity index (χ4v) is 4.59. The molecule has 2 fully saturated rings. The van der Waals surface area contributed by atoms with Crippen LogP contribution in [-0.4, -0.2) is 59.5 Å². The number of carbonyl (C=O) groups is 2. The molecule has 4 rings (SSSR count). The smallest absolute Gasteiger partial charge is 0.307 e. The number of nitrogens with zero attached hydrogens (tertiary/aromatic N) is 4. The van der Waals surface area contributed by atoms with E-state index in [1.165, 1.54) is 12.1 Å². The minimum Gasteiger partial charge on any atom is -0.459 e. The summed E-state index contributed by atoms with van der Waals surface area (Å²) in [6.45, 7) is 4.74. The quantitative estimate of drug-likeness (QED) is 0.679. The van der Waals surface area contributed by atoms with Gasteiger partial charge >= 0.3 is 5.97 Å². The molecule has 1 amide bonds. The van der Waals surface area contributed by atoms with E-state index >= 15 is 0 Å². The van der Waals surface area contributed by atoms with Crippen LogP contribution >= 0.6 is 0 Å². The number of hydrogen-bond donors (Lipinski definition) is 0. The molecule has 2 aliphatic rings. The molecule has 2 aromatic rings. The van der Waals surface area contributed by atoms with Gasteiger partial charge in [-0.15, -0.1) is 0 Å². The average Bonchev–Trinajstić information content (AvgIpc) is 3.04. The fraction of sp³-hybridized carbons (Fsp3) is 0.500. The van der Waals surface area contributed by atoms with Gasteiger partial charge in [0.1, 0.15) is 11.4 Å². The number of benzene rings is 1. The third-order valence-electron chi connectivity index (χ3n) is 6.42. The van der Waals surface area contributed by atoms with Gasteiger partial charge in [0.15, 0.2) is 0 Å². The lowest BCUT2D eigenvalue weighted by atomic mass is 9.86. The van der Waals surface area contributed by atoms with E-state index < -0.39 is 11.5 Å². The van der Waals surface area contributed by atoms with Crippen LogP contribution in [-0.2, 0) is 14.3 Å². The first-order chi connectivity index (χ1) is 15.2. The molecule has 1 aromatic carbocycles. The second kappa shape index (κ2) is 8.48. The predicted octanol–water partition coefficient (Wildman–Crippen LogP) is 3.40. The molecule has 0 spiro atoms. The Labute approximate surface area is 187 Å². The number of cyclic esters (lactones) is 1. The van der Waals surface area contributed by atoms with Crippen LogP contribution in [0, 0.1) is 11.7 Å². The van der Waals surface area contributed by atoms with Crippen molar-refractivity contribution in [3.8, 4) is 11.1 Å². The molecule has 8 heteroatoms. The summed E-state index contributed by atoms with van der Waals surface area (Å²) in [5.41, 5.74) is 1.66. The SMILES string of the molecule is CN(C)c1ncc(-c2cccc(F)c2)c(C2CCN(C(=O)[C@@H]3CC(=O)OC3(C)C)CC2)n1. The van der Waals surface area contributed by atoms with Gasteiger partial charge in [-0.25, -0.2) is 14.4 Å². The van der Waals surface area contributed by atoms with Gasteiger partial charge < -0.3 is 14.5 Å². The Morgan fingerprint density at radius 1 is 1.25 bits per heavy atom. The van der Waals surface area contributed by atoms with Gasteiger partial charge in [0.25, 0.3) is 0 Å². The van der Waals surface area contributed by atoms with E-state index in [0.717, 1.165) is 29.7 Å². The van der Waals surface area contributed by atoms with Gasteiger partial charge in [-0.05, 0) is 44.4 Å². The largest absolute Gasteiger partial charge is 0.459 e. The van der Waals surface area contributed by atoms with Crippen LogP contribution < -0.4 is 4.90 Å². The monoisotopic (exact) mass is 440 g/mol. The number of piperidine rings is 1. The van der Waals surface area contributed by atoms with Crippen LogP contribution in [0.4, 0.5) is 10.3 Å². The molecule has 2 aliphatic heterocycles. The number of esters is 1. The first kappa shape index (κ1) is 22.2. The van der Waals surface area contributed by atoms with Gasteiger partial charge in [-0.1, -0.05) is 12.1 Å². The van der Waals surface area contributed by atoms with Gasteiger partial charge in [-0.2, -0.15) is 0 Å². The number of rotatable bonds is 4. The third kappa shape index (κ3) is 4.31. The van der Waals surface area contributed by atoms with Crippen molar-refractivity contribution in [1.29, 1.82) is 0 Å². The van der Waals surface area contributed by atoms with E-state index in [-0.39, 0.29) is 30.0 Å². The van der Waals surface area contributed by atoms with E-state index in [9.17, 15) is 14.0 Å². The predicted molar refractivity (Wildman–Crippen MR) is 119 cm³/mol. The summed E-state index contributed by atoms with van der Waals surface area (Å²) >= 11 is 0. The Morgan fingerprint density at radius 2 is 1.97 bits per heavy atom. The van der Waals surface area contributed by atoms with Crippen molar-refractivity contribution in [3.05, 3.63) is 42.0 Å². The molecule has 0 bridgehead atoms. The maximum Gasteiger partial charge on any atom is 0.307 e. The van der Waals surface area contributed by atoms with E-state index in [2.05, 4.69) is 4.98 Å². The molecule has 3 heterocycles. The molecule has 0 N–H and O–H groups in total. The highest BCUT2D eigenvalue weighted by Gasteiger charge is 2.48. The highest BCUT2D eigenvalue weighted by Crippen LogP contribution is 2.38. The number of ether oxygens (including phenoxy) is 1. The van der Waals surface area contributed by atoms with Crippen LogP contribution in [0.25, 0.3) is 11.1 Å². The van der Waals surface area contributed by atoms with E-state index in [0.29, 0.717) is 19.0 Å². The topological polar surface area (TPSA) is 75.6 Å². The summed E-state index contributed by atoms with van der Waals surface area (Å²) in [6.07, 6.45) is 3.36. The molecule has 1 atom stereocenters. The summed E-state index contributed by atoms with van der Waals surface area (Å²) in [4.78, 5) is 37.8. The van der Waals surface area contributed by atoms with Crippen molar-refractivity contribution in [2.24, 2.45) is 5.92 Å². The zero-order chi connectivity index (χ0) is 23.0. The number of aromatic nitrogens is 2. The van der Waals surface area contributed by atoms with Crippen LogP contribution in [0.3, 0.4) is 0 Å². The zero-order valence-electron chi connectivity index (χ0n) is 19.0. The van der Waals surface area contributed by atoms with Gasteiger partial charge in [0.2, 0.25) is 11.9 Å². The Kier molecular flexibility index (Phi) is 5.88. The zero-order valence-corrected chi connectivity index (χ0v) is 19.0. The molecule has 2 saturated heterocycles. The third-order valence-corrected chi connectivity index (χ3v) is 6.42. The molecule has 32 heavy (non-hydrogen) atoms. The number of anilines is 1. The number of likely N-dealkylation sites (tertiary alicyclic amines) is 1. The van der Waals surface area contributed by atoms with Crippen molar-refractivity contribution in [1.82, 2.24) is 14.9 Å². The lowest BCUT2D eigenvalue weighted by Crippen LogP contribution is -2.46. The molecule has 0 radical (unpaired) electrons. The molecule has 0 unspecified atom stereocenters. The summed E-state index contributed by atoms with van der Waals surface area (Å²) in [6, 6.07) is 6.46. The molecule has 0 aliphatic carbocycles. The number of amides is 1. The van der Waals surface area contributed by atoms with Crippen LogP contribution in [0.2, 0.25) is 0 Å². The van der Waals surface area contributed by atoms with E-state index in [1.54, 1.807) is 26.1 Å². The highest BCUT2D eigenvalue weighted by molar-refractivity contribution is 5.87. The Balaban J connectivity index is 1.56. The van der Waals surface area contributed by atoms with E-state index in [4.69, 9.17) is 9.72 Å². The lowest BCUT2D eigenvalue weighted by molar-refractivity contribution is -0.149. The van der Waals surface area contributed by atoms with Crippen molar-refractivity contribution in [3.63, 3.8) is 0 Å². The second-order valence-corrected chi connectivity index (χ2v) is 9.31. The average molecular weight is 441 g/mol. The van der Waals surface area contributed by atoms with Crippen molar-refractivity contribution in [2.45, 2.75) is 44.6 Å². The molecular formula is C24H29FN4O3. The Bertz CT molecular complexity index is 1030. The van der Waals surface area contributed by atoms with E-state index in [1.807, 2.05) is 30.0 Å². The Morgan fingerprint density at radius 3 is 2.56 bits per heavy atom. The van der Waals surface area contributed by atoms with Gasteiger partial charge in [0.05, 0.1) is 18.0 Å². The van der Waals surface area contributed by atoms with Crippen molar-refractivity contribution < 1.29 is 18.7 Å². The number of carbonyl (C=O) groups excluding carboxylic acids is 2. The molecule has 170 valence electrons. The minimum absolute atomic E-state index is 0.0266. The summed E-state index contributed by atoms with van der Waals surface area (Å²) in [5, 5.41) is 0. The maximum absolute atomic E-state index is 13.9. The normalized spacial score (nSPS) is 20.8. The first-order valence-corrected chi connectivity index (χ1v) is 11.0. The van der Waals surface area contributed by atoms with Gasteiger partial charge in [0, 0.05) is 44.9 Å². The molecule has 0 saturated carbocycles. The molecule has 1 aromatic heterocycles. The Hall–Kier alpha value is -3.03. The van der Waals surface area contributed by atoms with Crippen LogP contribution in [0.5, 0.6) is 0 Å². The minimum atomic E-state index is -0.775. The van der Waals surface area contributed by atoms with Gasteiger partial charge in [-0.3, -0.25) is 9.59 Å². The highest BCUT2D eigenvalue weighted by atomic mass is 19.1. The summed E-state index contributed by atoms with van der Waals surface area (Å²) < 4.78 is 19.2. The molecular weight excluding hydrogens is 411 g/mol. The second-order valence-electron chi connectivity index (χ2n) is 9.31. The molecule has 7 nitrogen and oxygen atoms in total. The lowest BCUT2D eigenvalue weighted by Gasteiger charge is -2.36. The van der Waals surface area contributed by atoms with Crippen molar-refractivity contribution in [2.75, 3.05) is 32.1 Å².